The van der Waals surface area contributed by atoms with Crippen molar-refractivity contribution in [2.24, 2.45) is 5.41 Å². The molecule has 0 radical (unpaired) electrons. The maximum Gasteiger partial charge on any atom is 0.315 e. The molecule has 0 bridgehead atoms. The minimum absolute atomic E-state index is 0.0766. The molecule has 2 fully saturated rings. The van der Waals surface area contributed by atoms with Crippen LogP contribution in [0.4, 0.5) is 0 Å². The highest BCUT2D eigenvalue weighted by Crippen LogP contribution is 2.48. The SMILES string of the molecule is Cc1ccc(-c2ccc3c(c2)CCC3=O)c(OCC2(C(=O)OC3CCCCC3)CC2)c1C. The number of ether oxygens (including phenoxy) is 2. The van der Waals surface area contributed by atoms with Crippen molar-refractivity contribution in [3.63, 3.8) is 0 Å². The number of carbonyl (C=O) groups is 2. The largest absolute Gasteiger partial charge is 0.491 e. The Morgan fingerprint density at radius 1 is 1.00 bits per heavy atom. The van der Waals surface area contributed by atoms with Crippen LogP contribution in [0.15, 0.2) is 30.3 Å². The molecule has 0 N–H and O–H groups in total. The first kappa shape index (κ1) is 21.2. The summed E-state index contributed by atoms with van der Waals surface area (Å²) < 4.78 is 12.3. The quantitative estimate of drug-likeness (QED) is 0.515. The smallest absolute Gasteiger partial charge is 0.315 e. The van der Waals surface area contributed by atoms with Gasteiger partial charge in [-0.1, -0.05) is 36.8 Å². The van der Waals surface area contributed by atoms with E-state index in [4.69, 9.17) is 9.47 Å². The number of aryl methyl sites for hydroxylation is 2. The van der Waals surface area contributed by atoms with E-state index in [2.05, 4.69) is 32.0 Å². The second kappa shape index (κ2) is 8.38. The highest BCUT2D eigenvalue weighted by molar-refractivity contribution is 6.01. The number of carbonyl (C=O) groups excluding carboxylic acids is 2. The number of Topliss-reactive ketones (excluding diaryl/α,β-unsaturated/α-hetero) is 1. The van der Waals surface area contributed by atoms with E-state index in [9.17, 15) is 9.59 Å². The summed E-state index contributed by atoms with van der Waals surface area (Å²) in [4.78, 5) is 25.0. The number of fused-ring (bicyclic) bond motifs is 1. The summed E-state index contributed by atoms with van der Waals surface area (Å²) in [5, 5.41) is 0. The molecule has 3 aliphatic carbocycles. The Hall–Kier alpha value is -2.62. The number of esters is 1. The van der Waals surface area contributed by atoms with Crippen LogP contribution in [0, 0.1) is 19.3 Å². The molecule has 2 saturated carbocycles. The first-order valence-electron chi connectivity index (χ1n) is 12.1. The van der Waals surface area contributed by atoms with Crippen molar-refractivity contribution in [2.75, 3.05) is 6.61 Å². The van der Waals surface area contributed by atoms with Crippen molar-refractivity contribution in [3.8, 4) is 16.9 Å². The third kappa shape index (κ3) is 3.96. The lowest BCUT2D eigenvalue weighted by Crippen LogP contribution is -2.30. The van der Waals surface area contributed by atoms with Crippen LogP contribution in [0.5, 0.6) is 5.75 Å². The van der Waals surface area contributed by atoms with Crippen molar-refractivity contribution in [2.45, 2.75) is 77.7 Å². The van der Waals surface area contributed by atoms with E-state index in [1.54, 1.807) is 0 Å². The van der Waals surface area contributed by atoms with Crippen molar-refractivity contribution in [3.05, 3.63) is 52.6 Å². The van der Waals surface area contributed by atoms with Gasteiger partial charge in [0.2, 0.25) is 0 Å². The molecule has 2 aromatic rings. The fourth-order valence-corrected chi connectivity index (χ4v) is 5.05. The number of hydrogen-bond acceptors (Lipinski definition) is 4. The Labute approximate surface area is 190 Å². The predicted octanol–water partition coefficient (Wildman–Crippen LogP) is 6.13. The Kier molecular flexibility index (Phi) is 5.56. The molecule has 0 amide bonds. The maximum absolute atomic E-state index is 12.9. The Bertz CT molecular complexity index is 1060. The summed E-state index contributed by atoms with van der Waals surface area (Å²) in [6.07, 6.45) is 8.68. The van der Waals surface area contributed by atoms with Gasteiger partial charge >= 0.3 is 5.97 Å². The monoisotopic (exact) mass is 432 g/mol. The first-order chi connectivity index (χ1) is 15.5. The van der Waals surface area contributed by atoms with E-state index < -0.39 is 5.41 Å². The van der Waals surface area contributed by atoms with Gasteiger partial charge in [-0.2, -0.15) is 0 Å². The van der Waals surface area contributed by atoms with Gasteiger partial charge in [-0.25, -0.2) is 0 Å². The van der Waals surface area contributed by atoms with Crippen molar-refractivity contribution < 1.29 is 19.1 Å². The van der Waals surface area contributed by atoms with E-state index in [0.717, 1.165) is 84.1 Å². The molecular weight excluding hydrogens is 400 g/mol. The lowest BCUT2D eigenvalue weighted by atomic mass is 9.96. The molecule has 0 unspecified atom stereocenters. The van der Waals surface area contributed by atoms with E-state index in [0.29, 0.717) is 13.0 Å². The number of ketones is 1. The third-order valence-corrected chi connectivity index (χ3v) is 7.62. The lowest BCUT2D eigenvalue weighted by Gasteiger charge is -2.25. The van der Waals surface area contributed by atoms with Crippen LogP contribution in [0.2, 0.25) is 0 Å². The zero-order chi connectivity index (χ0) is 22.3. The van der Waals surface area contributed by atoms with Crippen molar-refractivity contribution >= 4 is 11.8 Å². The molecule has 0 atom stereocenters. The molecule has 0 aromatic heterocycles. The predicted molar refractivity (Wildman–Crippen MR) is 124 cm³/mol. The highest BCUT2D eigenvalue weighted by atomic mass is 16.5. The average molecular weight is 433 g/mol. The van der Waals surface area contributed by atoms with Gasteiger partial charge in [-0.15, -0.1) is 0 Å². The molecule has 2 aromatic carbocycles. The van der Waals surface area contributed by atoms with Gasteiger partial charge in [0.05, 0.1) is 0 Å². The van der Waals surface area contributed by atoms with Crippen LogP contribution in [-0.2, 0) is 16.0 Å². The van der Waals surface area contributed by atoms with Crippen molar-refractivity contribution in [1.29, 1.82) is 0 Å². The number of rotatable bonds is 6. The molecule has 0 heterocycles. The van der Waals surface area contributed by atoms with Gasteiger partial charge in [0.15, 0.2) is 5.78 Å². The highest BCUT2D eigenvalue weighted by Gasteiger charge is 2.53. The molecule has 5 rings (SSSR count). The van der Waals surface area contributed by atoms with Gasteiger partial charge in [-0.3, -0.25) is 9.59 Å². The normalized spacial score (nSPS) is 19.5. The standard InChI is InChI=1S/C28H32O4/c1-18-8-11-24(21-9-12-23-20(16-21)10-13-25(23)29)26(19(18)2)31-17-28(14-15-28)27(30)32-22-6-4-3-5-7-22/h8-9,11-12,16,22H,3-7,10,13-15,17H2,1-2H3. The lowest BCUT2D eigenvalue weighted by molar-refractivity contribution is -0.158. The summed E-state index contributed by atoms with van der Waals surface area (Å²) in [6, 6.07) is 10.3. The minimum Gasteiger partial charge on any atom is -0.491 e. The molecule has 168 valence electrons. The van der Waals surface area contributed by atoms with Gasteiger partial charge in [0.25, 0.3) is 0 Å². The van der Waals surface area contributed by atoms with Crippen LogP contribution in [0.25, 0.3) is 11.1 Å². The second-order valence-corrected chi connectivity index (χ2v) is 9.91. The van der Waals surface area contributed by atoms with Gasteiger partial charge in [0, 0.05) is 17.5 Å². The van der Waals surface area contributed by atoms with E-state index in [-0.39, 0.29) is 17.9 Å². The molecule has 3 aliphatic rings. The number of benzene rings is 2. The molecule has 4 heteroatoms. The molecular formula is C28H32O4. The fourth-order valence-electron chi connectivity index (χ4n) is 5.05. The summed E-state index contributed by atoms with van der Waals surface area (Å²) in [5.41, 5.74) is 5.81. The van der Waals surface area contributed by atoms with E-state index in [1.807, 2.05) is 12.1 Å². The topological polar surface area (TPSA) is 52.6 Å². The van der Waals surface area contributed by atoms with Gasteiger partial charge in [0.1, 0.15) is 23.9 Å². The Morgan fingerprint density at radius 2 is 1.75 bits per heavy atom. The van der Waals surface area contributed by atoms with Crippen LogP contribution in [0.1, 0.15) is 78.4 Å². The van der Waals surface area contributed by atoms with E-state index in [1.165, 1.54) is 6.42 Å². The fraction of sp³-hybridized carbons (Fsp3) is 0.500. The summed E-state index contributed by atoms with van der Waals surface area (Å²) >= 11 is 0. The van der Waals surface area contributed by atoms with Crippen LogP contribution in [-0.4, -0.2) is 24.5 Å². The Balaban J connectivity index is 1.36. The van der Waals surface area contributed by atoms with Gasteiger partial charge < -0.3 is 9.47 Å². The zero-order valence-electron chi connectivity index (χ0n) is 19.2. The molecule has 0 aliphatic heterocycles. The molecule has 0 spiro atoms. The zero-order valence-corrected chi connectivity index (χ0v) is 19.2. The Morgan fingerprint density at radius 3 is 2.50 bits per heavy atom. The third-order valence-electron chi connectivity index (χ3n) is 7.62. The van der Waals surface area contributed by atoms with Gasteiger partial charge in [-0.05, 0) is 81.0 Å². The van der Waals surface area contributed by atoms with Crippen LogP contribution >= 0.6 is 0 Å². The molecule has 4 nitrogen and oxygen atoms in total. The van der Waals surface area contributed by atoms with Crippen molar-refractivity contribution in [1.82, 2.24) is 0 Å². The average Bonchev–Trinajstić information content (AvgIpc) is 3.52. The minimum atomic E-state index is -0.491. The summed E-state index contributed by atoms with van der Waals surface area (Å²) in [7, 11) is 0. The second-order valence-electron chi connectivity index (χ2n) is 9.91. The van der Waals surface area contributed by atoms with Crippen LogP contribution in [0.3, 0.4) is 0 Å². The molecule has 0 saturated heterocycles. The summed E-state index contributed by atoms with van der Waals surface area (Å²) in [6.45, 7) is 4.52. The van der Waals surface area contributed by atoms with E-state index >= 15 is 0 Å². The molecule has 32 heavy (non-hydrogen) atoms. The van der Waals surface area contributed by atoms with Crippen LogP contribution < -0.4 is 4.74 Å². The first-order valence-corrected chi connectivity index (χ1v) is 12.1. The maximum atomic E-state index is 12.9. The number of hydrogen-bond donors (Lipinski definition) is 0. The summed E-state index contributed by atoms with van der Waals surface area (Å²) in [5.74, 6) is 0.994.